The molecule has 21 heavy (non-hydrogen) atoms. The summed E-state index contributed by atoms with van der Waals surface area (Å²) in [4.78, 5) is 0. The highest BCUT2D eigenvalue weighted by atomic mass is 19.4. The number of aliphatic hydroxyl groups is 1. The van der Waals surface area contributed by atoms with E-state index in [1.165, 1.54) is 0 Å². The summed E-state index contributed by atoms with van der Waals surface area (Å²) in [7, 11) is 0. The molecular weight excluding hydrogens is 290 g/mol. The van der Waals surface area contributed by atoms with E-state index >= 15 is 0 Å². The number of hydrogen-bond donors (Lipinski definition) is 2. The van der Waals surface area contributed by atoms with Crippen LogP contribution in [0.15, 0.2) is 18.2 Å². The first-order valence-electron chi connectivity index (χ1n) is 6.74. The van der Waals surface area contributed by atoms with Gasteiger partial charge in [-0.2, -0.15) is 13.2 Å². The Balaban J connectivity index is 2.16. The minimum absolute atomic E-state index is 0.0613. The Morgan fingerprint density at radius 2 is 2.14 bits per heavy atom. The van der Waals surface area contributed by atoms with Crippen LogP contribution in [0.5, 0.6) is 0 Å². The third-order valence-corrected chi connectivity index (χ3v) is 3.49. The van der Waals surface area contributed by atoms with Gasteiger partial charge in [-0.25, -0.2) is 4.39 Å². The van der Waals surface area contributed by atoms with Crippen molar-refractivity contribution in [2.75, 3.05) is 19.8 Å². The third kappa shape index (κ3) is 4.15. The zero-order valence-electron chi connectivity index (χ0n) is 11.3. The smallest absolute Gasteiger partial charge is 0.394 e. The minimum Gasteiger partial charge on any atom is -0.394 e. The lowest BCUT2D eigenvalue weighted by Gasteiger charge is -2.22. The van der Waals surface area contributed by atoms with Crippen molar-refractivity contribution in [1.82, 2.24) is 5.32 Å². The molecule has 0 amide bonds. The number of ether oxygens (including phenoxy) is 1. The predicted molar refractivity (Wildman–Crippen MR) is 68.2 cm³/mol. The molecule has 0 spiro atoms. The van der Waals surface area contributed by atoms with Crippen LogP contribution in [-0.4, -0.2) is 31.0 Å². The van der Waals surface area contributed by atoms with Crippen LogP contribution in [0.4, 0.5) is 17.6 Å². The first-order valence-corrected chi connectivity index (χ1v) is 6.74. The van der Waals surface area contributed by atoms with Gasteiger partial charge in [0.1, 0.15) is 5.82 Å². The zero-order valence-corrected chi connectivity index (χ0v) is 11.3. The Hall–Kier alpha value is -1.18. The first kappa shape index (κ1) is 16.2. The van der Waals surface area contributed by atoms with Crippen LogP contribution in [0.3, 0.4) is 0 Å². The zero-order chi connectivity index (χ0) is 15.5. The SMILES string of the molecule is OCC(NCC1CCCO1)c1ccc(F)cc1C(F)(F)F. The summed E-state index contributed by atoms with van der Waals surface area (Å²) in [5.74, 6) is -0.957. The average molecular weight is 307 g/mol. The molecule has 0 radical (unpaired) electrons. The molecule has 0 saturated carbocycles. The van der Waals surface area contributed by atoms with Gasteiger partial charge in [0, 0.05) is 13.2 Å². The van der Waals surface area contributed by atoms with Crippen LogP contribution in [0.1, 0.15) is 30.0 Å². The Morgan fingerprint density at radius 1 is 1.38 bits per heavy atom. The lowest BCUT2D eigenvalue weighted by Crippen LogP contribution is -2.33. The number of nitrogens with one attached hydrogen (secondary N) is 1. The van der Waals surface area contributed by atoms with Gasteiger partial charge in [0.05, 0.1) is 24.3 Å². The lowest BCUT2D eigenvalue weighted by molar-refractivity contribution is -0.138. The summed E-state index contributed by atoms with van der Waals surface area (Å²) in [5, 5.41) is 12.2. The van der Waals surface area contributed by atoms with E-state index < -0.39 is 30.2 Å². The molecule has 1 aromatic carbocycles. The fourth-order valence-electron chi connectivity index (χ4n) is 2.43. The minimum atomic E-state index is -4.67. The summed E-state index contributed by atoms with van der Waals surface area (Å²) in [6.07, 6.45) is -2.98. The molecule has 3 nitrogen and oxygen atoms in total. The molecule has 2 N–H and O–H groups in total. The largest absolute Gasteiger partial charge is 0.416 e. The molecule has 1 heterocycles. The van der Waals surface area contributed by atoms with Gasteiger partial charge in [-0.1, -0.05) is 6.07 Å². The van der Waals surface area contributed by atoms with E-state index in [-0.39, 0.29) is 11.7 Å². The van der Waals surface area contributed by atoms with E-state index in [1.807, 2.05) is 0 Å². The highest BCUT2D eigenvalue weighted by Gasteiger charge is 2.35. The molecule has 118 valence electrons. The normalized spacial score (nSPS) is 20.7. The maximum absolute atomic E-state index is 13.1. The molecule has 1 fully saturated rings. The summed E-state index contributed by atoms with van der Waals surface area (Å²) < 4.78 is 57.3. The summed E-state index contributed by atoms with van der Waals surface area (Å²) in [6.45, 7) is 0.474. The van der Waals surface area contributed by atoms with Gasteiger partial charge in [0.15, 0.2) is 0 Å². The van der Waals surface area contributed by atoms with Crippen molar-refractivity contribution in [3.05, 3.63) is 35.1 Å². The first-order chi connectivity index (χ1) is 9.91. The number of aliphatic hydroxyl groups excluding tert-OH is 1. The molecule has 2 rings (SSSR count). The van der Waals surface area contributed by atoms with Crippen molar-refractivity contribution in [3.63, 3.8) is 0 Å². The van der Waals surface area contributed by atoms with Crippen molar-refractivity contribution in [2.24, 2.45) is 0 Å². The van der Waals surface area contributed by atoms with E-state index in [0.29, 0.717) is 19.2 Å². The van der Waals surface area contributed by atoms with Crippen molar-refractivity contribution in [2.45, 2.75) is 31.2 Å². The molecule has 2 unspecified atom stereocenters. The monoisotopic (exact) mass is 307 g/mol. The van der Waals surface area contributed by atoms with Crippen LogP contribution in [0, 0.1) is 5.82 Å². The molecular formula is C14H17F4NO2. The Kier molecular flexibility index (Phi) is 5.18. The molecule has 0 bridgehead atoms. The topological polar surface area (TPSA) is 41.5 Å². The van der Waals surface area contributed by atoms with Gasteiger partial charge in [-0.05, 0) is 30.5 Å². The molecule has 1 aliphatic heterocycles. The summed E-state index contributed by atoms with van der Waals surface area (Å²) in [6, 6.07) is 1.56. The highest BCUT2D eigenvalue weighted by molar-refractivity contribution is 5.33. The summed E-state index contributed by atoms with van der Waals surface area (Å²) >= 11 is 0. The van der Waals surface area contributed by atoms with Crippen LogP contribution in [0.25, 0.3) is 0 Å². The number of halogens is 4. The van der Waals surface area contributed by atoms with Gasteiger partial charge in [-0.3, -0.25) is 0 Å². The highest BCUT2D eigenvalue weighted by Crippen LogP contribution is 2.35. The fraction of sp³-hybridized carbons (Fsp3) is 0.571. The second-order valence-electron chi connectivity index (χ2n) is 5.01. The quantitative estimate of drug-likeness (QED) is 0.822. The fourth-order valence-corrected chi connectivity index (χ4v) is 2.43. The predicted octanol–water partition coefficient (Wildman–Crippen LogP) is 2.65. The molecule has 7 heteroatoms. The Bertz CT molecular complexity index is 473. The molecule has 0 aromatic heterocycles. The number of alkyl halides is 3. The van der Waals surface area contributed by atoms with E-state index in [2.05, 4.69) is 5.32 Å². The molecule has 0 aliphatic carbocycles. The van der Waals surface area contributed by atoms with Crippen LogP contribution < -0.4 is 5.32 Å². The van der Waals surface area contributed by atoms with Gasteiger partial charge < -0.3 is 15.2 Å². The van der Waals surface area contributed by atoms with Crippen molar-refractivity contribution in [3.8, 4) is 0 Å². The van der Waals surface area contributed by atoms with Crippen LogP contribution in [-0.2, 0) is 10.9 Å². The van der Waals surface area contributed by atoms with Crippen LogP contribution in [0.2, 0.25) is 0 Å². The maximum Gasteiger partial charge on any atom is 0.416 e. The van der Waals surface area contributed by atoms with Crippen LogP contribution >= 0.6 is 0 Å². The standard InChI is InChI=1S/C14H17F4NO2/c15-9-3-4-11(12(6-9)14(16,17)18)13(8-20)19-7-10-2-1-5-21-10/h3-4,6,10,13,19-20H,1-2,5,7-8H2. The van der Waals surface area contributed by atoms with Gasteiger partial charge >= 0.3 is 6.18 Å². The molecule has 1 aromatic rings. The van der Waals surface area contributed by atoms with Crippen molar-refractivity contribution >= 4 is 0 Å². The van der Waals surface area contributed by atoms with Gasteiger partial charge in [0.2, 0.25) is 0 Å². The van der Waals surface area contributed by atoms with E-state index in [1.54, 1.807) is 0 Å². The average Bonchev–Trinajstić information content (AvgIpc) is 2.93. The number of rotatable bonds is 5. The maximum atomic E-state index is 13.1. The Morgan fingerprint density at radius 3 is 2.71 bits per heavy atom. The van der Waals surface area contributed by atoms with Gasteiger partial charge in [-0.15, -0.1) is 0 Å². The summed E-state index contributed by atoms with van der Waals surface area (Å²) in [5.41, 5.74) is -1.23. The second kappa shape index (κ2) is 6.72. The third-order valence-electron chi connectivity index (χ3n) is 3.49. The number of benzene rings is 1. The molecule has 2 atom stereocenters. The lowest BCUT2D eigenvalue weighted by atomic mass is 9.99. The van der Waals surface area contributed by atoms with E-state index in [0.717, 1.165) is 25.0 Å². The second-order valence-corrected chi connectivity index (χ2v) is 5.01. The molecule has 1 aliphatic rings. The van der Waals surface area contributed by atoms with E-state index in [9.17, 15) is 22.7 Å². The Labute approximate surface area is 119 Å². The van der Waals surface area contributed by atoms with Gasteiger partial charge in [0.25, 0.3) is 0 Å². The van der Waals surface area contributed by atoms with E-state index in [4.69, 9.17) is 4.74 Å². The number of hydrogen-bond acceptors (Lipinski definition) is 3. The van der Waals surface area contributed by atoms with Crippen molar-refractivity contribution in [1.29, 1.82) is 0 Å². The van der Waals surface area contributed by atoms with Crippen molar-refractivity contribution < 1.29 is 27.4 Å². The molecule has 1 saturated heterocycles.